The van der Waals surface area contributed by atoms with E-state index < -0.39 is 0 Å². The average molecular weight is 416 g/mol. The van der Waals surface area contributed by atoms with Crippen molar-refractivity contribution in [3.8, 4) is 0 Å². The zero-order chi connectivity index (χ0) is 21.5. The number of ether oxygens (including phenoxy) is 1. The maximum Gasteiger partial charge on any atom is 0.238 e. The van der Waals surface area contributed by atoms with Gasteiger partial charge in [-0.05, 0) is 42.4 Å². The Labute approximate surface area is 184 Å². The lowest BCUT2D eigenvalue weighted by Gasteiger charge is -2.29. The first kappa shape index (κ1) is 21.1. The third kappa shape index (κ3) is 5.51. The Hall–Kier alpha value is -3.15. The van der Waals surface area contributed by atoms with Gasteiger partial charge >= 0.3 is 0 Å². The highest BCUT2D eigenvalue weighted by molar-refractivity contribution is 5.92. The Morgan fingerprint density at radius 3 is 2.00 bits per heavy atom. The molecule has 0 unspecified atom stereocenters. The molecule has 4 rings (SSSR count). The molecule has 5 heteroatoms. The lowest BCUT2D eigenvalue weighted by atomic mass is 9.97. The largest absolute Gasteiger partial charge is 0.378 e. The van der Waals surface area contributed by atoms with E-state index in [1.807, 2.05) is 55.6 Å². The SMILES string of the molecule is CN(CC(=O)Nc1ccc(N2CCOCC2)cc1)C(c1ccccc1)c1ccccc1. The number of hydrogen-bond acceptors (Lipinski definition) is 4. The third-order valence-corrected chi connectivity index (χ3v) is 5.59. The molecule has 160 valence electrons. The molecule has 5 nitrogen and oxygen atoms in total. The number of morpholine rings is 1. The van der Waals surface area contributed by atoms with Crippen molar-refractivity contribution in [1.82, 2.24) is 4.90 Å². The fraction of sp³-hybridized carbons (Fsp3) is 0.269. The van der Waals surface area contributed by atoms with Crippen LogP contribution in [0.2, 0.25) is 0 Å². The second-order valence-corrected chi connectivity index (χ2v) is 7.83. The zero-order valence-corrected chi connectivity index (χ0v) is 17.9. The van der Waals surface area contributed by atoms with E-state index in [4.69, 9.17) is 4.74 Å². The summed E-state index contributed by atoms with van der Waals surface area (Å²) in [6.07, 6.45) is 0. The maximum absolute atomic E-state index is 12.8. The summed E-state index contributed by atoms with van der Waals surface area (Å²) in [5.41, 5.74) is 4.30. The van der Waals surface area contributed by atoms with E-state index in [1.165, 1.54) is 11.1 Å². The Balaban J connectivity index is 1.41. The van der Waals surface area contributed by atoms with E-state index in [1.54, 1.807) is 0 Å². The first-order valence-electron chi connectivity index (χ1n) is 10.7. The van der Waals surface area contributed by atoms with Gasteiger partial charge in [0.2, 0.25) is 5.91 Å². The number of nitrogens with zero attached hydrogens (tertiary/aromatic N) is 2. The van der Waals surface area contributed by atoms with E-state index in [9.17, 15) is 4.79 Å². The molecule has 0 saturated carbocycles. The van der Waals surface area contributed by atoms with Gasteiger partial charge in [-0.15, -0.1) is 0 Å². The number of likely N-dealkylation sites (N-methyl/N-ethyl adjacent to an activating group) is 1. The molecule has 1 heterocycles. The minimum atomic E-state index is -0.0292. The van der Waals surface area contributed by atoms with E-state index in [0.29, 0.717) is 6.54 Å². The van der Waals surface area contributed by atoms with Crippen molar-refractivity contribution < 1.29 is 9.53 Å². The van der Waals surface area contributed by atoms with Gasteiger partial charge in [-0.2, -0.15) is 0 Å². The number of carbonyl (C=O) groups excluding carboxylic acids is 1. The highest BCUT2D eigenvalue weighted by Crippen LogP contribution is 2.27. The van der Waals surface area contributed by atoms with Gasteiger partial charge in [-0.3, -0.25) is 9.69 Å². The van der Waals surface area contributed by atoms with Gasteiger partial charge < -0.3 is 15.0 Å². The second kappa shape index (κ2) is 10.2. The smallest absolute Gasteiger partial charge is 0.238 e. The van der Waals surface area contributed by atoms with Gasteiger partial charge in [0.1, 0.15) is 0 Å². The Bertz CT molecular complexity index is 915. The Morgan fingerprint density at radius 1 is 0.903 bits per heavy atom. The molecule has 0 aliphatic carbocycles. The van der Waals surface area contributed by atoms with Crippen LogP contribution in [-0.2, 0) is 9.53 Å². The summed E-state index contributed by atoms with van der Waals surface area (Å²) in [6, 6.07) is 28.7. The van der Waals surface area contributed by atoms with Gasteiger partial charge in [-0.25, -0.2) is 0 Å². The third-order valence-electron chi connectivity index (χ3n) is 5.59. The van der Waals surface area contributed by atoms with Crippen molar-refractivity contribution in [2.24, 2.45) is 0 Å². The molecule has 31 heavy (non-hydrogen) atoms. The van der Waals surface area contributed by atoms with E-state index in [-0.39, 0.29) is 11.9 Å². The molecular formula is C26H29N3O2. The second-order valence-electron chi connectivity index (χ2n) is 7.83. The van der Waals surface area contributed by atoms with Crippen LogP contribution in [0.4, 0.5) is 11.4 Å². The van der Waals surface area contributed by atoms with Gasteiger partial charge in [0.25, 0.3) is 0 Å². The molecule has 0 bridgehead atoms. The van der Waals surface area contributed by atoms with Crippen molar-refractivity contribution in [1.29, 1.82) is 0 Å². The molecule has 1 aliphatic rings. The van der Waals surface area contributed by atoms with Crippen LogP contribution in [0.1, 0.15) is 17.2 Å². The van der Waals surface area contributed by atoms with Crippen LogP contribution in [0.15, 0.2) is 84.9 Å². The van der Waals surface area contributed by atoms with E-state index >= 15 is 0 Å². The number of rotatable bonds is 7. The van der Waals surface area contributed by atoms with Crippen LogP contribution in [0.25, 0.3) is 0 Å². The number of anilines is 2. The molecule has 1 N–H and O–H groups in total. The summed E-state index contributed by atoms with van der Waals surface area (Å²) in [6.45, 7) is 3.61. The van der Waals surface area contributed by atoms with Crippen molar-refractivity contribution in [3.05, 3.63) is 96.1 Å². The predicted molar refractivity (Wildman–Crippen MR) is 125 cm³/mol. The van der Waals surface area contributed by atoms with Crippen LogP contribution < -0.4 is 10.2 Å². The van der Waals surface area contributed by atoms with Crippen LogP contribution in [0, 0.1) is 0 Å². The Morgan fingerprint density at radius 2 is 1.45 bits per heavy atom. The quantitative estimate of drug-likeness (QED) is 0.629. The molecule has 0 spiro atoms. The van der Waals surface area contributed by atoms with Gasteiger partial charge in [0.15, 0.2) is 0 Å². The van der Waals surface area contributed by atoms with Crippen LogP contribution in [-0.4, -0.2) is 50.7 Å². The average Bonchev–Trinajstić information content (AvgIpc) is 2.82. The summed E-state index contributed by atoms with van der Waals surface area (Å²) in [7, 11) is 1.99. The fourth-order valence-corrected chi connectivity index (χ4v) is 4.07. The number of carbonyl (C=O) groups is 1. The number of nitrogens with one attached hydrogen (secondary N) is 1. The van der Waals surface area contributed by atoms with Gasteiger partial charge in [0.05, 0.1) is 25.8 Å². The molecule has 0 radical (unpaired) electrons. The number of benzene rings is 3. The topological polar surface area (TPSA) is 44.8 Å². The summed E-state index contributed by atoms with van der Waals surface area (Å²) >= 11 is 0. The summed E-state index contributed by atoms with van der Waals surface area (Å²) in [5, 5.41) is 3.04. The monoisotopic (exact) mass is 415 g/mol. The van der Waals surface area contributed by atoms with Crippen LogP contribution in [0.3, 0.4) is 0 Å². The number of hydrogen-bond donors (Lipinski definition) is 1. The Kier molecular flexibility index (Phi) is 6.97. The summed E-state index contributed by atoms with van der Waals surface area (Å²) < 4.78 is 5.41. The number of amides is 1. The molecule has 0 atom stereocenters. The predicted octanol–water partition coefficient (Wildman–Crippen LogP) is 4.18. The van der Waals surface area contributed by atoms with Crippen molar-refractivity contribution >= 4 is 17.3 Å². The zero-order valence-electron chi connectivity index (χ0n) is 17.9. The molecule has 0 aromatic heterocycles. The summed E-state index contributed by atoms with van der Waals surface area (Å²) in [4.78, 5) is 17.2. The lowest BCUT2D eigenvalue weighted by Crippen LogP contribution is -2.36. The van der Waals surface area contributed by atoms with Crippen molar-refractivity contribution in [2.45, 2.75) is 6.04 Å². The lowest BCUT2D eigenvalue weighted by molar-refractivity contribution is -0.117. The minimum absolute atomic E-state index is 0.0110. The standard InChI is InChI=1S/C26H29N3O2/c1-28(26(21-8-4-2-5-9-21)22-10-6-3-7-11-22)20-25(30)27-23-12-14-24(15-13-23)29-16-18-31-19-17-29/h2-15,26H,16-20H2,1H3,(H,27,30). The van der Waals surface area contributed by atoms with E-state index in [2.05, 4.69) is 51.5 Å². The minimum Gasteiger partial charge on any atom is -0.378 e. The van der Waals surface area contributed by atoms with Crippen LogP contribution >= 0.6 is 0 Å². The van der Waals surface area contributed by atoms with Crippen molar-refractivity contribution in [3.63, 3.8) is 0 Å². The van der Waals surface area contributed by atoms with Crippen LogP contribution in [0.5, 0.6) is 0 Å². The van der Waals surface area contributed by atoms with E-state index in [0.717, 1.165) is 37.7 Å². The fourth-order valence-electron chi connectivity index (χ4n) is 4.07. The van der Waals surface area contributed by atoms with Crippen molar-refractivity contribution in [2.75, 3.05) is 50.1 Å². The molecular weight excluding hydrogens is 386 g/mol. The van der Waals surface area contributed by atoms with Gasteiger partial charge in [-0.1, -0.05) is 60.7 Å². The first-order chi connectivity index (χ1) is 15.2. The molecule has 1 amide bonds. The molecule has 3 aromatic carbocycles. The van der Waals surface area contributed by atoms with Gasteiger partial charge in [0, 0.05) is 24.5 Å². The molecule has 1 saturated heterocycles. The molecule has 3 aromatic rings. The highest BCUT2D eigenvalue weighted by Gasteiger charge is 2.21. The summed E-state index contributed by atoms with van der Waals surface area (Å²) in [5.74, 6) is -0.0292. The molecule has 1 aliphatic heterocycles. The molecule has 1 fully saturated rings. The maximum atomic E-state index is 12.8. The normalized spacial score (nSPS) is 14.1. The highest BCUT2D eigenvalue weighted by atomic mass is 16.5. The first-order valence-corrected chi connectivity index (χ1v) is 10.7.